The molecule has 0 fully saturated rings. The highest BCUT2D eigenvalue weighted by molar-refractivity contribution is 7.90. The first-order valence-electron chi connectivity index (χ1n) is 8.26. The van der Waals surface area contributed by atoms with E-state index in [-0.39, 0.29) is 41.0 Å². The van der Waals surface area contributed by atoms with Crippen molar-refractivity contribution in [1.29, 1.82) is 5.26 Å². The number of hydrogen-bond donors (Lipinski definition) is 2. The Morgan fingerprint density at radius 2 is 2.17 bits per heavy atom. The third kappa shape index (κ3) is 4.41. The van der Waals surface area contributed by atoms with Crippen molar-refractivity contribution < 1.29 is 27.5 Å². The average molecular weight is 417 g/mol. The van der Waals surface area contributed by atoms with Gasteiger partial charge in [-0.15, -0.1) is 0 Å². The molecule has 11 nitrogen and oxygen atoms in total. The Kier molecular flexibility index (Phi) is 5.60. The third-order valence-electron chi connectivity index (χ3n) is 3.89. The van der Waals surface area contributed by atoms with Crippen molar-refractivity contribution >= 4 is 28.0 Å². The number of amides is 2. The molecular formula is C17H15N5O6S. The van der Waals surface area contributed by atoms with E-state index in [4.69, 9.17) is 14.7 Å². The number of nitrogens with one attached hydrogen (secondary N) is 2. The van der Waals surface area contributed by atoms with Crippen molar-refractivity contribution in [2.75, 3.05) is 19.0 Å². The molecule has 2 N–H and O–H groups in total. The SMILES string of the molecule is COc1cc(CC#N)nc(NC(=O)NS(=O)(=O)c2cccc3c2C(=O)OCC3)n1. The standard InChI is InChI=1S/C17H15N5O6S/c1-27-13-9-11(5-7-18)19-16(20-13)21-17(24)22-29(25,26)12-4-2-3-10-6-8-28-15(23)14(10)12/h2-4,9H,5-6,8H2,1H3,(H2,19,20,21,22,24). The van der Waals surface area contributed by atoms with Crippen LogP contribution in [0.4, 0.5) is 10.7 Å². The number of nitrogens with zero attached hydrogens (tertiary/aromatic N) is 3. The van der Waals surface area contributed by atoms with Crippen molar-refractivity contribution in [3.63, 3.8) is 0 Å². The van der Waals surface area contributed by atoms with E-state index < -0.39 is 22.0 Å². The molecule has 0 saturated carbocycles. The van der Waals surface area contributed by atoms with E-state index in [1.165, 1.54) is 25.3 Å². The molecule has 1 aromatic carbocycles. The van der Waals surface area contributed by atoms with E-state index >= 15 is 0 Å². The molecule has 1 aromatic heterocycles. The molecule has 0 aliphatic carbocycles. The summed E-state index contributed by atoms with van der Waals surface area (Å²) in [5, 5.41) is 11.0. The number of carbonyl (C=O) groups is 2. The maximum atomic E-state index is 12.7. The Hall–Kier alpha value is -3.72. The number of methoxy groups -OCH3 is 1. The third-order valence-corrected chi connectivity index (χ3v) is 5.26. The lowest BCUT2D eigenvalue weighted by Gasteiger charge is -2.18. The summed E-state index contributed by atoms with van der Waals surface area (Å²) in [6, 6.07) is 6.45. The van der Waals surface area contributed by atoms with Crippen LogP contribution in [0, 0.1) is 11.3 Å². The van der Waals surface area contributed by atoms with Gasteiger partial charge >= 0.3 is 12.0 Å². The Morgan fingerprint density at radius 3 is 2.90 bits per heavy atom. The fourth-order valence-electron chi connectivity index (χ4n) is 2.67. The first kappa shape index (κ1) is 20.0. The van der Waals surface area contributed by atoms with Gasteiger partial charge in [0.15, 0.2) is 0 Å². The summed E-state index contributed by atoms with van der Waals surface area (Å²) in [6.07, 6.45) is 0.307. The summed E-state index contributed by atoms with van der Waals surface area (Å²) >= 11 is 0. The number of sulfonamides is 1. The van der Waals surface area contributed by atoms with E-state index in [2.05, 4.69) is 15.3 Å². The Labute approximate surface area is 165 Å². The lowest BCUT2D eigenvalue weighted by Crippen LogP contribution is -2.36. The number of aromatic nitrogens is 2. The van der Waals surface area contributed by atoms with E-state index in [1.54, 1.807) is 6.07 Å². The van der Waals surface area contributed by atoms with E-state index in [0.29, 0.717) is 12.0 Å². The average Bonchev–Trinajstić information content (AvgIpc) is 2.67. The highest BCUT2D eigenvalue weighted by atomic mass is 32.2. The Morgan fingerprint density at radius 1 is 1.38 bits per heavy atom. The minimum atomic E-state index is -4.39. The van der Waals surface area contributed by atoms with Crippen molar-refractivity contribution in [3.05, 3.63) is 41.1 Å². The molecular weight excluding hydrogens is 402 g/mol. The fourth-order valence-corrected chi connectivity index (χ4v) is 3.82. The van der Waals surface area contributed by atoms with Crippen LogP contribution in [0.1, 0.15) is 21.6 Å². The van der Waals surface area contributed by atoms with Gasteiger partial charge in [-0.1, -0.05) is 12.1 Å². The Balaban J connectivity index is 1.84. The molecule has 29 heavy (non-hydrogen) atoms. The number of hydrogen-bond acceptors (Lipinski definition) is 9. The predicted molar refractivity (Wildman–Crippen MR) is 97.7 cm³/mol. The van der Waals surface area contributed by atoms with Crippen LogP contribution in [0.3, 0.4) is 0 Å². The van der Waals surface area contributed by atoms with Crippen molar-refractivity contribution in [2.45, 2.75) is 17.7 Å². The second-order valence-corrected chi connectivity index (χ2v) is 7.45. The normalized spacial score (nSPS) is 12.9. The number of rotatable bonds is 5. The molecule has 2 aromatic rings. The summed E-state index contributed by atoms with van der Waals surface area (Å²) < 4.78 is 37.0. The van der Waals surface area contributed by atoms with Crippen molar-refractivity contribution in [2.24, 2.45) is 0 Å². The zero-order chi connectivity index (χ0) is 21.0. The largest absolute Gasteiger partial charge is 0.481 e. The molecule has 0 radical (unpaired) electrons. The minimum Gasteiger partial charge on any atom is -0.481 e. The number of carbonyl (C=O) groups excluding carboxylic acids is 2. The van der Waals surface area contributed by atoms with Gasteiger partial charge in [0.25, 0.3) is 10.0 Å². The molecule has 0 bridgehead atoms. The van der Waals surface area contributed by atoms with Gasteiger partial charge in [0, 0.05) is 12.5 Å². The van der Waals surface area contributed by atoms with Gasteiger partial charge in [0.2, 0.25) is 11.8 Å². The van der Waals surface area contributed by atoms with Crippen LogP contribution >= 0.6 is 0 Å². The number of benzene rings is 1. The predicted octanol–water partition coefficient (Wildman–Crippen LogP) is 0.775. The van der Waals surface area contributed by atoms with Gasteiger partial charge < -0.3 is 9.47 Å². The number of ether oxygens (including phenoxy) is 2. The molecule has 1 aliphatic rings. The second kappa shape index (κ2) is 8.11. The quantitative estimate of drug-likeness (QED) is 0.670. The van der Waals surface area contributed by atoms with Crippen LogP contribution < -0.4 is 14.8 Å². The van der Waals surface area contributed by atoms with Gasteiger partial charge in [-0.25, -0.2) is 27.7 Å². The second-order valence-electron chi connectivity index (χ2n) is 5.80. The van der Waals surface area contributed by atoms with Gasteiger partial charge in [0.05, 0.1) is 37.5 Å². The molecule has 0 spiro atoms. The summed E-state index contributed by atoms with van der Waals surface area (Å²) in [6.45, 7) is 0.154. The van der Waals surface area contributed by atoms with Crippen LogP contribution in [0.5, 0.6) is 5.88 Å². The number of esters is 1. The summed E-state index contributed by atoms with van der Waals surface area (Å²) in [4.78, 5) is 31.7. The van der Waals surface area contributed by atoms with E-state index in [9.17, 15) is 18.0 Å². The van der Waals surface area contributed by atoms with Crippen LogP contribution in [-0.2, 0) is 27.6 Å². The molecule has 1 aliphatic heterocycles. The molecule has 3 rings (SSSR count). The fraction of sp³-hybridized carbons (Fsp3) is 0.235. The molecule has 0 atom stereocenters. The lowest BCUT2D eigenvalue weighted by molar-refractivity contribution is 0.0474. The zero-order valence-corrected chi connectivity index (χ0v) is 15.9. The summed E-state index contributed by atoms with van der Waals surface area (Å²) in [7, 11) is -3.05. The van der Waals surface area contributed by atoms with E-state index in [0.717, 1.165) is 0 Å². The molecule has 0 unspecified atom stereocenters. The monoisotopic (exact) mass is 417 g/mol. The van der Waals surface area contributed by atoms with Crippen LogP contribution in [0.15, 0.2) is 29.2 Å². The number of nitriles is 1. The molecule has 2 amide bonds. The number of cyclic esters (lactones) is 1. The highest BCUT2D eigenvalue weighted by Gasteiger charge is 2.30. The van der Waals surface area contributed by atoms with Gasteiger partial charge in [-0.3, -0.25) is 5.32 Å². The number of urea groups is 1. The van der Waals surface area contributed by atoms with Crippen LogP contribution in [-0.4, -0.2) is 44.1 Å². The molecule has 2 heterocycles. The molecule has 150 valence electrons. The van der Waals surface area contributed by atoms with Crippen LogP contribution in [0.25, 0.3) is 0 Å². The summed E-state index contributed by atoms with van der Waals surface area (Å²) in [5.74, 6) is -0.940. The first-order valence-corrected chi connectivity index (χ1v) is 9.74. The maximum Gasteiger partial charge on any atom is 0.339 e. The minimum absolute atomic E-state index is 0.0637. The lowest BCUT2D eigenvalue weighted by atomic mass is 10.0. The Bertz CT molecular complexity index is 1130. The summed E-state index contributed by atoms with van der Waals surface area (Å²) in [5.41, 5.74) is 0.687. The van der Waals surface area contributed by atoms with Gasteiger partial charge in [-0.05, 0) is 11.6 Å². The van der Waals surface area contributed by atoms with Crippen molar-refractivity contribution in [1.82, 2.24) is 14.7 Å². The smallest absolute Gasteiger partial charge is 0.339 e. The molecule has 0 saturated heterocycles. The highest BCUT2D eigenvalue weighted by Crippen LogP contribution is 2.24. The topological polar surface area (TPSA) is 160 Å². The zero-order valence-electron chi connectivity index (χ0n) is 15.1. The van der Waals surface area contributed by atoms with Crippen LogP contribution in [0.2, 0.25) is 0 Å². The molecule has 12 heteroatoms. The number of anilines is 1. The van der Waals surface area contributed by atoms with Gasteiger partial charge in [-0.2, -0.15) is 10.2 Å². The first-order chi connectivity index (χ1) is 13.8. The van der Waals surface area contributed by atoms with E-state index in [1.807, 2.05) is 10.8 Å². The number of fused-ring (bicyclic) bond motifs is 1. The van der Waals surface area contributed by atoms with Gasteiger partial charge in [0.1, 0.15) is 4.90 Å². The van der Waals surface area contributed by atoms with Crippen molar-refractivity contribution in [3.8, 4) is 11.9 Å². The maximum absolute atomic E-state index is 12.7.